The van der Waals surface area contributed by atoms with E-state index in [4.69, 9.17) is 4.74 Å². The van der Waals surface area contributed by atoms with Gasteiger partial charge in [-0.1, -0.05) is 18.6 Å². The van der Waals surface area contributed by atoms with Crippen molar-refractivity contribution in [1.29, 1.82) is 0 Å². The second-order valence-corrected chi connectivity index (χ2v) is 8.02. The lowest BCUT2D eigenvalue weighted by atomic mass is 9.98. The highest BCUT2D eigenvalue weighted by atomic mass is 32.1. The standard InChI is InChI=1S/C21H21FN2O3S/c1-13(21(26)27-16-5-3-2-4-6-16)24-12-23-19-18(20(24)25)17(11-28-19)14-7-9-15(22)10-8-14/h7-13,16H,2-6H2,1H3. The monoisotopic (exact) mass is 400 g/mol. The van der Waals surface area contributed by atoms with E-state index in [1.54, 1.807) is 19.1 Å². The molecule has 5 nitrogen and oxygen atoms in total. The van der Waals surface area contributed by atoms with Crippen LogP contribution in [0.5, 0.6) is 0 Å². The first kappa shape index (κ1) is 18.8. The van der Waals surface area contributed by atoms with Gasteiger partial charge in [0.15, 0.2) is 0 Å². The number of nitrogens with zero attached hydrogens (tertiary/aromatic N) is 2. The van der Waals surface area contributed by atoms with Gasteiger partial charge in [-0.3, -0.25) is 9.36 Å². The van der Waals surface area contributed by atoms with Gasteiger partial charge in [0.25, 0.3) is 5.56 Å². The third-order valence-corrected chi connectivity index (χ3v) is 6.15. The highest BCUT2D eigenvalue weighted by molar-refractivity contribution is 7.17. The number of hydrogen-bond donors (Lipinski definition) is 0. The summed E-state index contributed by atoms with van der Waals surface area (Å²) >= 11 is 1.35. The van der Waals surface area contributed by atoms with Crippen LogP contribution >= 0.6 is 11.3 Å². The molecule has 0 radical (unpaired) electrons. The lowest BCUT2D eigenvalue weighted by Crippen LogP contribution is -2.32. The van der Waals surface area contributed by atoms with Crippen molar-refractivity contribution in [1.82, 2.24) is 9.55 Å². The Morgan fingerprint density at radius 1 is 1.25 bits per heavy atom. The van der Waals surface area contributed by atoms with Crippen molar-refractivity contribution in [2.75, 3.05) is 0 Å². The molecule has 1 aliphatic carbocycles. The zero-order valence-electron chi connectivity index (χ0n) is 15.6. The summed E-state index contributed by atoms with van der Waals surface area (Å²) in [6, 6.07) is 5.23. The summed E-state index contributed by atoms with van der Waals surface area (Å²) < 4.78 is 20.2. The Balaban J connectivity index is 1.67. The van der Waals surface area contributed by atoms with Crippen LogP contribution in [-0.4, -0.2) is 21.6 Å². The van der Waals surface area contributed by atoms with Gasteiger partial charge in [0, 0.05) is 10.9 Å². The Morgan fingerprint density at radius 2 is 1.96 bits per heavy atom. The number of thiophene rings is 1. The number of halogens is 1. The Bertz CT molecular complexity index is 1050. The maximum absolute atomic E-state index is 13.2. The van der Waals surface area contributed by atoms with Crippen LogP contribution < -0.4 is 5.56 Å². The molecule has 28 heavy (non-hydrogen) atoms. The third kappa shape index (κ3) is 3.58. The number of esters is 1. The van der Waals surface area contributed by atoms with Gasteiger partial charge in [-0.15, -0.1) is 11.3 Å². The van der Waals surface area contributed by atoms with Gasteiger partial charge in [0.1, 0.15) is 22.8 Å². The van der Waals surface area contributed by atoms with Crippen molar-refractivity contribution in [3.8, 4) is 11.1 Å². The molecular weight excluding hydrogens is 379 g/mol. The molecule has 146 valence electrons. The van der Waals surface area contributed by atoms with Crippen LogP contribution in [0.1, 0.15) is 45.1 Å². The molecule has 1 aromatic carbocycles. The fourth-order valence-corrected chi connectivity index (χ4v) is 4.53. The third-order valence-electron chi connectivity index (χ3n) is 5.27. The van der Waals surface area contributed by atoms with Crippen molar-refractivity contribution in [3.63, 3.8) is 0 Å². The molecule has 0 N–H and O–H groups in total. The van der Waals surface area contributed by atoms with Crippen molar-refractivity contribution in [3.05, 3.63) is 52.1 Å². The lowest BCUT2D eigenvalue weighted by molar-refractivity contribution is -0.154. The number of aromatic nitrogens is 2. The average Bonchev–Trinajstić information content (AvgIpc) is 3.14. The van der Waals surface area contributed by atoms with Gasteiger partial charge in [-0.05, 0) is 50.3 Å². The Kier molecular flexibility index (Phi) is 5.26. The highest BCUT2D eigenvalue weighted by Gasteiger charge is 2.25. The molecule has 1 atom stereocenters. The molecule has 7 heteroatoms. The van der Waals surface area contributed by atoms with Gasteiger partial charge < -0.3 is 4.74 Å². The fourth-order valence-electron chi connectivity index (χ4n) is 3.62. The molecule has 4 rings (SSSR count). The van der Waals surface area contributed by atoms with Gasteiger partial charge >= 0.3 is 5.97 Å². The van der Waals surface area contributed by atoms with Crippen LogP contribution in [-0.2, 0) is 9.53 Å². The fraction of sp³-hybridized carbons (Fsp3) is 0.381. The summed E-state index contributed by atoms with van der Waals surface area (Å²) in [7, 11) is 0. The van der Waals surface area contributed by atoms with Gasteiger partial charge in [-0.25, -0.2) is 14.2 Å². The zero-order valence-corrected chi connectivity index (χ0v) is 16.4. The van der Waals surface area contributed by atoms with Crippen LogP contribution in [0.2, 0.25) is 0 Å². The highest BCUT2D eigenvalue weighted by Crippen LogP contribution is 2.31. The first-order valence-corrected chi connectivity index (χ1v) is 10.4. The van der Waals surface area contributed by atoms with E-state index < -0.39 is 12.0 Å². The predicted molar refractivity (Wildman–Crippen MR) is 107 cm³/mol. The van der Waals surface area contributed by atoms with E-state index in [-0.39, 0.29) is 17.5 Å². The van der Waals surface area contributed by atoms with Crippen molar-refractivity contribution in [2.45, 2.75) is 51.2 Å². The van der Waals surface area contributed by atoms with Crippen LogP contribution in [0.3, 0.4) is 0 Å². The van der Waals surface area contributed by atoms with Crippen LogP contribution in [0.4, 0.5) is 4.39 Å². The molecule has 0 aliphatic heterocycles. The van der Waals surface area contributed by atoms with Gasteiger partial charge in [0.2, 0.25) is 0 Å². The van der Waals surface area contributed by atoms with E-state index in [2.05, 4.69) is 4.98 Å². The van der Waals surface area contributed by atoms with Crippen molar-refractivity contribution < 1.29 is 13.9 Å². The summed E-state index contributed by atoms with van der Waals surface area (Å²) in [5.74, 6) is -0.744. The molecule has 1 saturated carbocycles. The molecule has 0 bridgehead atoms. The number of ether oxygens (including phenoxy) is 1. The average molecular weight is 400 g/mol. The zero-order chi connectivity index (χ0) is 19.7. The molecule has 1 fully saturated rings. The maximum Gasteiger partial charge on any atom is 0.329 e. The van der Waals surface area contributed by atoms with E-state index in [9.17, 15) is 14.0 Å². The first-order valence-electron chi connectivity index (χ1n) is 9.49. The SMILES string of the molecule is CC(C(=O)OC1CCCCC1)n1cnc2scc(-c3ccc(F)cc3)c2c1=O. The largest absolute Gasteiger partial charge is 0.461 e. The van der Waals surface area contributed by atoms with E-state index >= 15 is 0 Å². The number of benzene rings is 1. The quantitative estimate of drug-likeness (QED) is 0.596. The smallest absolute Gasteiger partial charge is 0.329 e. The van der Waals surface area contributed by atoms with E-state index in [0.29, 0.717) is 15.8 Å². The second-order valence-electron chi connectivity index (χ2n) is 7.17. The van der Waals surface area contributed by atoms with Gasteiger partial charge in [-0.2, -0.15) is 0 Å². The molecule has 1 unspecified atom stereocenters. The summed E-state index contributed by atoms with van der Waals surface area (Å²) in [6.45, 7) is 1.66. The molecular formula is C21H21FN2O3S. The Labute approximate surface area is 165 Å². The minimum Gasteiger partial charge on any atom is -0.461 e. The topological polar surface area (TPSA) is 61.2 Å². The summed E-state index contributed by atoms with van der Waals surface area (Å²) in [5.41, 5.74) is 1.14. The van der Waals surface area contributed by atoms with E-state index in [0.717, 1.165) is 31.2 Å². The van der Waals surface area contributed by atoms with Crippen molar-refractivity contribution >= 4 is 27.5 Å². The Morgan fingerprint density at radius 3 is 2.68 bits per heavy atom. The Hall–Kier alpha value is -2.54. The predicted octanol–water partition coefficient (Wildman–Crippen LogP) is 4.70. The second kappa shape index (κ2) is 7.83. The maximum atomic E-state index is 13.2. The number of fused-ring (bicyclic) bond motifs is 1. The number of rotatable bonds is 4. The van der Waals surface area contributed by atoms with E-state index in [1.165, 1.54) is 40.8 Å². The molecule has 1 aliphatic rings. The first-order chi connectivity index (χ1) is 13.5. The number of carbonyl (C=O) groups is 1. The molecule has 0 saturated heterocycles. The van der Waals surface area contributed by atoms with Crippen LogP contribution in [0.15, 0.2) is 40.8 Å². The molecule has 2 aromatic heterocycles. The molecule has 3 aromatic rings. The minimum absolute atomic E-state index is 0.0629. The minimum atomic E-state index is -0.757. The van der Waals surface area contributed by atoms with E-state index in [1.807, 2.05) is 5.38 Å². The van der Waals surface area contributed by atoms with Crippen LogP contribution in [0.25, 0.3) is 21.3 Å². The van der Waals surface area contributed by atoms with Crippen LogP contribution in [0, 0.1) is 5.82 Å². The number of hydrogen-bond acceptors (Lipinski definition) is 5. The lowest BCUT2D eigenvalue weighted by Gasteiger charge is -2.24. The summed E-state index contributed by atoms with van der Waals surface area (Å²) in [5, 5.41) is 2.28. The molecule has 0 amide bonds. The van der Waals surface area contributed by atoms with Gasteiger partial charge in [0.05, 0.1) is 11.7 Å². The summed E-state index contributed by atoms with van der Waals surface area (Å²) in [4.78, 5) is 30.7. The summed E-state index contributed by atoms with van der Waals surface area (Å²) in [6.07, 6.45) is 6.40. The molecule has 2 heterocycles. The number of carbonyl (C=O) groups excluding carboxylic acids is 1. The normalized spacial score (nSPS) is 16.2. The molecule has 0 spiro atoms. The van der Waals surface area contributed by atoms with Crippen molar-refractivity contribution in [2.24, 2.45) is 0 Å².